The Morgan fingerprint density at radius 3 is 2.71 bits per heavy atom. The molecule has 3 rings (SSSR count). The van der Waals surface area contributed by atoms with Crippen LogP contribution in [0, 0.1) is 0 Å². The minimum Gasteiger partial charge on any atom is -0.323 e. The van der Waals surface area contributed by atoms with Gasteiger partial charge in [0.25, 0.3) is 10.0 Å². The van der Waals surface area contributed by atoms with E-state index in [4.69, 9.17) is 5.84 Å². The number of hydrazine groups is 1. The van der Waals surface area contributed by atoms with Gasteiger partial charge in [-0.1, -0.05) is 12.1 Å². The van der Waals surface area contributed by atoms with Crippen molar-refractivity contribution in [2.75, 3.05) is 10.1 Å². The Labute approximate surface area is 127 Å². The molecule has 1 heterocycles. The van der Waals surface area contributed by atoms with E-state index in [1.807, 2.05) is 0 Å². The van der Waals surface area contributed by atoms with Gasteiger partial charge in [0.2, 0.25) is 0 Å². The molecule has 21 heavy (non-hydrogen) atoms. The van der Waals surface area contributed by atoms with E-state index in [0.29, 0.717) is 10.8 Å². The first kappa shape index (κ1) is 14.3. The monoisotopic (exact) mass is 324 g/mol. The molecule has 112 valence electrons. The Kier molecular flexibility index (Phi) is 3.83. The molecule has 0 bridgehead atoms. The second kappa shape index (κ2) is 5.63. The van der Waals surface area contributed by atoms with Crippen LogP contribution in [-0.4, -0.2) is 13.4 Å². The molecule has 0 aliphatic heterocycles. The van der Waals surface area contributed by atoms with E-state index < -0.39 is 10.0 Å². The molecule has 0 fully saturated rings. The second-order valence-electron chi connectivity index (χ2n) is 4.84. The largest absolute Gasteiger partial charge is 0.323 e. The van der Waals surface area contributed by atoms with Crippen LogP contribution in [0.3, 0.4) is 0 Å². The van der Waals surface area contributed by atoms with Gasteiger partial charge in [-0.05, 0) is 37.8 Å². The fraction of sp³-hybridized carbons (Fsp3) is 0.308. The number of aromatic nitrogens is 1. The molecule has 1 aliphatic rings. The van der Waals surface area contributed by atoms with Gasteiger partial charge in [-0.15, -0.1) is 11.3 Å². The van der Waals surface area contributed by atoms with Crippen LogP contribution in [0.5, 0.6) is 0 Å². The molecule has 2 aromatic rings. The third-order valence-corrected chi connectivity index (χ3v) is 6.00. The number of thiazole rings is 1. The van der Waals surface area contributed by atoms with Crippen molar-refractivity contribution in [1.82, 2.24) is 4.98 Å². The van der Waals surface area contributed by atoms with Gasteiger partial charge in [-0.3, -0.25) is 10.6 Å². The number of anilines is 2. The molecule has 0 unspecified atom stereocenters. The zero-order chi connectivity index (χ0) is 14.9. The van der Waals surface area contributed by atoms with Crippen molar-refractivity contribution in [1.29, 1.82) is 0 Å². The van der Waals surface area contributed by atoms with Crippen LogP contribution in [-0.2, 0) is 22.9 Å². The molecule has 0 spiro atoms. The van der Waals surface area contributed by atoms with E-state index in [1.54, 1.807) is 18.2 Å². The van der Waals surface area contributed by atoms with Gasteiger partial charge in [0.15, 0.2) is 5.13 Å². The van der Waals surface area contributed by atoms with E-state index in [2.05, 4.69) is 15.1 Å². The van der Waals surface area contributed by atoms with Crippen LogP contribution in [0.4, 0.5) is 10.8 Å². The summed E-state index contributed by atoms with van der Waals surface area (Å²) in [6.07, 6.45) is 4.16. The smallest absolute Gasteiger partial charge is 0.265 e. The molecule has 0 amide bonds. The van der Waals surface area contributed by atoms with Crippen molar-refractivity contribution in [2.45, 2.75) is 30.6 Å². The van der Waals surface area contributed by atoms with Gasteiger partial charge >= 0.3 is 0 Å². The molecular formula is C13H16N4O2S2. The summed E-state index contributed by atoms with van der Waals surface area (Å²) in [6.45, 7) is 0. The van der Waals surface area contributed by atoms with E-state index in [9.17, 15) is 8.42 Å². The van der Waals surface area contributed by atoms with Crippen molar-refractivity contribution < 1.29 is 8.42 Å². The first-order valence-electron chi connectivity index (χ1n) is 6.67. The predicted octanol–water partition coefficient (Wildman–Crippen LogP) is 2.11. The van der Waals surface area contributed by atoms with E-state index >= 15 is 0 Å². The van der Waals surface area contributed by atoms with Crippen LogP contribution >= 0.6 is 11.3 Å². The minimum absolute atomic E-state index is 0.112. The molecule has 8 heteroatoms. The van der Waals surface area contributed by atoms with Gasteiger partial charge < -0.3 is 5.43 Å². The third-order valence-electron chi connectivity index (χ3n) is 3.40. The highest BCUT2D eigenvalue weighted by molar-refractivity contribution is 7.93. The summed E-state index contributed by atoms with van der Waals surface area (Å²) in [5.41, 5.74) is 3.78. The minimum atomic E-state index is -3.70. The molecule has 1 aliphatic carbocycles. The lowest BCUT2D eigenvalue weighted by Gasteiger charge is -2.09. The SMILES string of the molecule is NNc1ccccc1S(=O)(=O)Nc1nc2c(s1)CCCC2. The highest BCUT2D eigenvalue weighted by atomic mass is 32.2. The average molecular weight is 324 g/mol. The van der Waals surface area contributed by atoms with Gasteiger partial charge in [-0.25, -0.2) is 13.4 Å². The molecule has 0 radical (unpaired) electrons. The number of nitrogens with one attached hydrogen (secondary N) is 2. The Balaban J connectivity index is 1.91. The van der Waals surface area contributed by atoms with Crippen molar-refractivity contribution in [3.05, 3.63) is 34.8 Å². The topological polar surface area (TPSA) is 97.1 Å². The van der Waals surface area contributed by atoms with E-state index in [0.717, 1.165) is 31.4 Å². The van der Waals surface area contributed by atoms with E-state index in [1.165, 1.54) is 22.3 Å². The molecule has 1 aromatic heterocycles. The quantitative estimate of drug-likeness (QED) is 0.591. The number of nitrogens with zero attached hydrogens (tertiary/aromatic N) is 1. The zero-order valence-corrected chi connectivity index (χ0v) is 12.9. The number of nitrogens with two attached hydrogens (primary N) is 1. The normalized spacial score (nSPS) is 14.5. The van der Waals surface area contributed by atoms with Crippen LogP contribution in [0.15, 0.2) is 29.2 Å². The molecule has 0 atom stereocenters. The van der Waals surface area contributed by atoms with Gasteiger partial charge in [0, 0.05) is 4.88 Å². The molecule has 6 nitrogen and oxygen atoms in total. The number of aryl methyl sites for hydroxylation is 2. The summed E-state index contributed by atoms with van der Waals surface area (Å²) in [7, 11) is -3.70. The van der Waals surface area contributed by atoms with Crippen LogP contribution < -0.4 is 16.0 Å². The first-order chi connectivity index (χ1) is 10.1. The highest BCUT2D eigenvalue weighted by Gasteiger charge is 2.22. The highest BCUT2D eigenvalue weighted by Crippen LogP contribution is 2.31. The standard InChI is InChI=1S/C13H16N4O2S2/c14-16-10-6-2-4-8-12(10)21(18,19)17-13-15-9-5-1-3-7-11(9)20-13/h2,4,6,8,16H,1,3,5,7,14H2,(H,15,17). The molecule has 1 aromatic carbocycles. The average Bonchev–Trinajstić information content (AvgIpc) is 2.88. The number of benzene rings is 1. The number of hydrogen-bond donors (Lipinski definition) is 3. The summed E-state index contributed by atoms with van der Waals surface area (Å²) in [4.78, 5) is 5.69. The lowest BCUT2D eigenvalue weighted by molar-refractivity contribution is 0.601. The first-order valence-corrected chi connectivity index (χ1v) is 8.97. The van der Waals surface area contributed by atoms with Crippen LogP contribution in [0.1, 0.15) is 23.4 Å². The maximum atomic E-state index is 12.5. The maximum Gasteiger partial charge on any atom is 0.265 e. The third kappa shape index (κ3) is 2.87. The van der Waals surface area contributed by atoms with Gasteiger partial charge in [-0.2, -0.15) is 0 Å². The lowest BCUT2D eigenvalue weighted by Crippen LogP contribution is -2.17. The van der Waals surface area contributed by atoms with Crippen LogP contribution in [0.25, 0.3) is 0 Å². The predicted molar refractivity (Wildman–Crippen MR) is 83.8 cm³/mol. The van der Waals surface area contributed by atoms with Crippen LogP contribution in [0.2, 0.25) is 0 Å². The number of sulfonamides is 1. The molecule has 4 N–H and O–H groups in total. The van der Waals surface area contributed by atoms with Crippen molar-refractivity contribution in [2.24, 2.45) is 5.84 Å². The lowest BCUT2D eigenvalue weighted by atomic mass is 10.0. The summed E-state index contributed by atoms with van der Waals surface area (Å²) >= 11 is 1.42. The Bertz CT molecular complexity index is 732. The number of hydrogen-bond acceptors (Lipinski definition) is 6. The number of nitrogen functional groups attached to an aromatic ring is 1. The van der Waals surface area contributed by atoms with Crippen molar-refractivity contribution in [3.63, 3.8) is 0 Å². The Hall–Kier alpha value is -1.64. The van der Waals surface area contributed by atoms with Crippen molar-refractivity contribution >= 4 is 32.2 Å². The molecule has 0 saturated carbocycles. The Morgan fingerprint density at radius 2 is 1.95 bits per heavy atom. The van der Waals surface area contributed by atoms with Gasteiger partial charge in [0.05, 0.1) is 11.4 Å². The van der Waals surface area contributed by atoms with Crippen molar-refractivity contribution in [3.8, 4) is 0 Å². The second-order valence-corrected chi connectivity index (χ2v) is 7.58. The molecule has 0 saturated heterocycles. The fourth-order valence-electron chi connectivity index (χ4n) is 2.39. The van der Waals surface area contributed by atoms with Gasteiger partial charge in [0.1, 0.15) is 4.90 Å². The zero-order valence-electron chi connectivity index (χ0n) is 11.3. The summed E-state index contributed by atoms with van der Waals surface area (Å²) in [5.74, 6) is 5.37. The summed E-state index contributed by atoms with van der Waals surface area (Å²) < 4.78 is 27.5. The number of para-hydroxylation sites is 1. The number of fused-ring (bicyclic) bond motifs is 1. The molecular weight excluding hydrogens is 308 g/mol. The maximum absolute atomic E-state index is 12.5. The summed E-state index contributed by atoms with van der Waals surface area (Å²) in [6, 6.07) is 6.49. The Morgan fingerprint density at radius 1 is 1.19 bits per heavy atom. The fourth-order valence-corrected chi connectivity index (χ4v) is 4.84. The van der Waals surface area contributed by atoms with E-state index in [-0.39, 0.29) is 4.90 Å². The number of rotatable bonds is 4. The summed E-state index contributed by atoms with van der Waals surface area (Å²) in [5, 5.41) is 0.425.